The molecule has 6 nitrogen and oxygen atoms in total. The lowest BCUT2D eigenvalue weighted by molar-refractivity contribution is 0.660. The molecule has 0 bridgehead atoms. The molecule has 0 radical (unpaired) electrons. The Bertz CT molecular complexity index is 3370. The van der Waals surface area contributed by atoms with Gasteiger partial charge in [0.15, 0.2) is 0 Å². The number of nitrogens with zero attached hydrogens (tertiary/aromatic N) is 5. The minimum absolute atomic E-state index is 0.111. The van der Waals surface area contributed by atoms with Gasteiger partial charge in [0.1, 0.15) is 22.3 Å². The van der Waals surface area contributed by atoms with Crippen LogP contribution in [-0.4, -0.2) is 24.5 Å². The molecule has 55 heavy (non-hydrogen) atoms. The lowest BCUT2D eigenvalue weighted by Gasteiger charge is -2.22. The van der Waals surface area contributed by atoms with Crippen LogP contribution in [-0.2, 0) is 5.41 Å². The highest BCUT2D eigenvalue weighted by atomic mass is 16.3. The van der Waals surface area contributed by atoms with Crippen molar-refractivity contribution in [1.29, 1.82) is 0 Å². The second kappa shape index (κ2) is 10.9. The Kier molecular flexibility index (Phi) is 6.02. The van der Waals surface area contributed by atoms with E-state index in [0.29, 0.717) is 5.95 Å². The highest BCUT2D eigenvalue weighted by Crippen LogP contribution is 2.49. The zero-order chi connectivity index (χ0) is 36.4. The quantitative estimate of drug-likeness (QED) is 0.171. The van der Waals surface area contributed by atoms with Gasteiger partial charge in [-0.2, -0.15) is 0 Å². The predicted octanol–water partition coefficient (Wildman–Crippen LogP) is 12.2. The first-order valence-corrected chi connectivity index (χ1v) is 18.6. The zero-order valence-corrected chi connectivity index (χ0v) is 30.1. The Morgan fingerprint density at radius 1 is 0.527 bits per heavy atom. The summed E-state index contributed by atoms with van der Waals surface area (Å²) in [6, 6.07) is 51.1. The molecule has 0 spiro atoms. The summed E-state index contributed by atoms with van der Waals surface area (Å²) < 4.78 is 8.31. The van der Waals surface area contributed by atoms with Gasteiger partial charge >= 0.3 is 0 Å². The highest BCUT2D eigenvalue weighted by Gasteiger charge is 2.35. The summed E-state index contributed by atoms with van der Waals surface area (Å²) in [5, 5.41) is 6.20. The van der Waals surface area contributed by atoms with Gasteiger partial charge in [-0.15, -0.1) is 0 Å². The first kappa shape index (κ1) is 30.3. The lowest BCUT2D eigenvalue weighted by Crippen LogP contribution is -2.14. The third kappa shape index (κ3) is 4.25. The molecule has 5 aromatic heterocycles. The molecule has 0 aliphatic heterocycles. The van der Waals surface area contributed by atoms with E-state index in [4.69, 9.17) is 24.4 Å². The molecule has 12 rings (SSSR count). The van der Waals surface area contributed by atoms with Crippen LogP contribution < -0.4 is 0 Å². The molecule has 1 aliphatic carbocycles. The van der Waals surface area contributed by atoms with Crippen LogP contribution in [0.4, 0.5) is 0 Å². The van der Waals surface area contributed by atoms with Crippen molar-refractivity contribution in [1.82, 2.24) is 24.5 Å². The summed E-state index contributed by atoms with van der Waals surface area (Å²) in [7, 11) is 0. The fourth-order valence-corrected chi connectivity index (χ4v) is 8.98. The molecule has 6 aromatic carbocycles. The topological polar surface area (TPSA) is 69.6 Å². The Balaban J connectivity index is 1.14. The van der Waals surface area contributed by atoms with Crippen LogP contribution in [0.1, 0.15) is 25.0 Å². The average Bonchev–Trinajstić information content (AvgIpc) is 3.85. The van der Waals surface area contributed by atoms with E-state index in [9.17, 15) is 0 Å². The molecule has 0 N–H and O–H groups in total. The van der Waals surface area contributed by atoms with Crippen LogP contribution in [0.5, 0.6) is 0 Å². The first-order valence-electron chi connectivity index (χ1n) is 18.6. The molecule has 0 fully saturated rings. The van der Waals surface area contributed by atoms with Gasteiger partial charge in [-0.3, -0.25) is 4.57 Å². The number of benzene rings is 6. The van der Waals surface area contributed by atoms with E-state index in [1.807, 2.05) is 36.5 Å². The monoisotopic (exact) mass is 705 g/mol. The minimum Gasteiger partial charge on any atom is -0.456 e. The van der Waals surface area contributed by atoms with Crippen molar-refractivity contribution in [2.45, 2.75) is 19.3 Å². The van der Waals surface area contributed by atoms with Gasteiger partial charge in [-0.25, -0.2) is 19.9 Å². The zero-order valence-electron chi connectivity index (χ0n) is 30.1. The summed E-state index contributed by atoms with van der Waals surface area (Å²) in [6.45, 7) is 4.63. The molecule has 0 amide bonds. The van der Waals surface area contributed by atoms with Crippen molar-refractivity contribution in [2.24, 2.45) is 0 Å². The molecule has 11 aromatic rings. The Labute approximate surface area is 315 Å². The molecular weight excluding hydrogens is 675 g/mol. The van der Waals surface area contributed by atoms with E-state index in [1.165, 1.54) is 22.3 Å². The van der Waals surface area contributed by atoms with Crippen LogP contribution in [0.15, 0.2) is 156 Å². The van der Waals surface area contributed by atoms with E-state index in [-0.39, 0.29) is 5.41 Å². The minimum atomic E-state index is -0.111. The van der Waals surface area contributed by atoms with Crippen molar-refractivity contribution < 1.29 is 4.42 Å². The summed E-state index contributed by atoms with van der Waals surface area (Å²) in [5.74, 6) is 0.543. The van der Waals surface area contributed by atoms with Crippen LogP contribution in [0.25, 0.3) is 105 Å². The van der Waals surface area contributed by atoms with Crippen molar-refractivity contribution in [3.63, 3.8) is 0 Å². The van der Waals surface area contributed by atoms with E-state index >= 15 is 0 Å². The van der Waals surface area contributed by atoms with Crippen LogP contribution in [0.2, 0.25) is 0 Å². The first-order chi connectivity index (χ1) is 27.0. The average molecular weight is 706 g/mol. The van der Waals surface area contributed by atoms with E-state index in [0.717, 1.165) is 88.2 Å². The Morgan fingerprint density at radius 2 is 1.29 bits per heavy atom. The molecule has 5 heterocycles. The predicted molar refractivity (Wildman–Crippen MR) is 223 cm³/mol. The van der Waals surface area contributed by atoms with Gasteiger partial charge < -0.3 is 4.42 Å². The number of rotatable bonds is 3. The maximum absolute atomic E-state index is 6.23. The fraction of sp³-hybridized carbons (Fsp3) is 0.0612. The van der Waals surface area contributed by atoms with Gasteiger partial charge in [0.25, 0.3) is 0 Å². The van der Waals surface area contributed by atoms with Crippen LogP contribution in [0.3, 0.4) is 0 Å². The summed E-state index contributed by atoms with van der Waals surface area (Å²) >= 11 is 0. The third-order valence-electron chi connectivity index (χ3n) is 11.7. The van der Waals surface area contributed by atoms with Gasteiger partial charge in [0.05, 0.1) is 22.4 Å². The molecule has 6 heteroatoms. The van der Waals surface area contributed by atoms with Gasteiger partial charge in [-0.05, 0) is 82.9 Å². The summed E-state index contributed by atoms with van der Waals surface area (Å²) in [5.41, 5.74) is 14.1. The molecule has 258 valence electrons. The number of furan rings is 1. The standard InChI is InChI=1S/C49H31N5O/c1-49(2)38-14-6-3-10-31(38)32-21-18-29(27-39(32)49)40-23-19-28-17-22-36-44(30-20-24-43-37(26-30)34-12-5-8-16-42(34)55-43)52-48(53-46(36)45(28)51-40)54-41-15-7-4-11-33(41)35-13-9-25-50-47(35)54/h3-27H,1-2H3. The van der Waals surface area contributed by atoms with Crippen molar-refractivity contribution in [3.05, 3.63) is 163 Å². The number of aromatic nitrogens is 5. The van der Waals surface area contributed by atoms with E-state index in [1.54, 1.807) is 0 Å². The second-order valence-corrected chi connectivity index (χ2v) is 15.1. The molecule has 0 saturated heterocycles. The molecular formula is C49H31N5O. The van der Waals surface area contributed by atoms with Gasteiger partial charge in [0, 0.05) is 55.1 Å². The largest absolute Gasteiger partial charge is 0.456 e. The smallest absolute Gasteiger partial charge is 0.237 e. The Hall–Kier alpha value is -7.18. The SMILES string of the molecule is CC1(C)c2ccccc2-c2ccc(-c3ccc4ccc5c(-c6ccc7oc8ccccc8c7c6)nc(-n6c7ccccc7c7cccnc76)nc5c4n3)cc21. The number of para-hydroxylation sites is 2. The summed E-state index contributed by atoms with van der Waals surface area (Å²) in [4.78, 5) is 21.1. The number of hydrogen-bond donors (Lipinski definition) is 0. The van der Waals surface area contributed by atoms with Gasteiger partial charge in [0.2, 0.25) is 5.95 Å². The van der Waals surface area contributed by atoms with Crippen LogP contribution >= 0.6 is 0 Å². The van der Waals surface area contributed by atoms with E-state index in [2.05, 4.69) is 134 Å². The maximum Gasteiger partial charge on any atom is 0.237 e. The van der Waals surface area contributed by atoms with Crippen molar-refractivity contribution in [3.8, 4) is 39.6 Å². The highest BCUT2D eigenvalue weighted by molar-refractivity contribution is 6.12. The molecule has 0 saturated carbocycles. The Morgan fingerprint density at radius 3 is 2.24 bits per heavy atom. The number of hydrogen-bond acceptors (Lipinski definition) is 5. The molecule has 0 atom stereocenters. The van der Waals surface area contributed by atoms with Gasteiger partial charge in [-0.1, -0.05) is 98.8 Å². The van der Waals surface area contributed by atoms with Crippen molar-refractivity contribution >= 4 is 65.7 Å². The number of fused-ring (bicyclic) bond motifs is 12. The maximum atomic E-state index is 6.23. The third-order valence-corrected chi connectivity index (χ3v) is 11.7. The van der Waals surface area contributed by atoms with E-state index < -0.39 is 0 Å². The lowest BCUT2D eigenvalue weighted by atomic mass is 9.82. The number of pyridine rings is 2. The normalized spacial score (nSPS) is 13.4. The second-order valence-electron chi connectivity index (χ2n) is 15.1. The summed E-state index contributed by atoms with van der Waals surface area (Å²) in [6.07, 6.45) is 1.83. The molecule has 0 unspecified atom stereocenters. The molecule has 1 aliphatic rings. The van der Waals surface area contributed by atoms with Crippen molar-refractivity contribution in [2.75, 3.05) is 0 Å². The fourth-order valence-electron chi connectivity index (χ4n) is 8.98. The van der Waals surface area contributed by atoms with Crippen LogP contribution in [0, 0.1) is 0 Å².